The van der Waals surface area contributed by atoms with E-state index in [1.165, 1.54) is 250 Å². The summed E-state index contributed by atoms with van der Waals surface area (Å²) in [7, 11) is 0. The van der Waals surface area contributed by atoms with E-state index in [1.807, 2.05) is 0 Å². The summed E-state index contributed by atoms with van der Waals surface area (Å²) in [6.45, 7) is 14.1. The Balaban J connectivity index is 0.000000108. The van der Waals surface area contributed by atoms with Gasteiger partial charge in [0.05, 0.1) is 39.8 Å². The number of hydrogen-bond acceptors (Lipinski definition) is 3. The van der Waals surface area contributed by atoms with Gasteiger partial charge in [-0.3, -0.25) is 0 Å². The van der Waals surface area contributed by atoms with Crippen molar-refractivity contribution in [3.63, 3.8) is 0 Å². The smallest absolute Gasteiger partial charge is 0.0541 e. The monoisotopic (exact) mass is 1910 g/mol. The highest BCUT2D eigenvalue weighted by atomic mass is 15.2. The number of para-hydroxylation sites is 4. The summed E-state index contributed by atoms with van der Waals surface area (Å²) in [6, 6.07) is 195. The molecule has 24 aromatic rings. The summed E-state index contributed by atoms with van der Waals surface area (Å²) in [5.41, 5.74) is 56.9. The third kappa shape index (κ3) is 14.2. The molecule has 0 bridgehead atoms. The second-order valence-corrected chi connectivity index (χ2v) is 42.3. The normalized spacial score (nSPS) is 13.2. The minimum absolute atomic E-state index is 0.0325. The average Bonchev–Trinajstić information content (AvgIpc) is 1.57. The summed E-state index contributed by atoms with van der Waals surface area (Å²) < 4.78 is 0. The zero-order valence-corrected chi connectivity index (χ0v) is 84.6. The molecule has 0 amide bonds. The van der Waals surface area contributed by atoms with Crippen molar-refractivity contribution in [1.29, 1.82) is 0 Å². The molecule has 0 saturated heterocycles. The standard InChI is InChI=1S/3C49H35N/c1-49(2)43-24-11-8-21-38(43)39-28-27-33(31-44(39)49)35-18-10-13-26-46(35)50(45-25-12-9-17-34(45)32-15-4-3-5-16-32)47-30-29-41-37-20-7-6-19-36(37)40-22-14-23-42(47)48(40)41;1-49(2)44-21-10-8-18-39(44)40-28-25-34(31-45(40)49)32-23-26-35(27-24-32)50(46-22-11-9-15-36(46)33-13-4-3-5-14-33)47-30-29-42-38-17-7-6-16-37(38)41-19-12-20-43(47)48(41)42;1-49(2)44-21-10-8-18-39(44)40-28-25-34(31-45(40)49)36-15-9-11-22-46(36)50(35-26-23-33(24-27-35)32-13-4-3-5-14-32)47-30-29-42-38-17-7-6-16-37(38)41-19-12-20-43(47)48(41)42/h3*3-31H,1-2H3. The second-order valence-electron chi connectivity index (χ2n) is 42.3. The van der Waals surface area contributed by atoms with E-state index in [-0.39, 0.29) is 16.2 Å². The first-order valence-corrected chi connectivity index (χ1v) is 52.6. The van der Waals surface area contributed by atoms with Crippen molar-refractivity contribution in [2.75, 3.05) is 14.7 Å². The summed E-state index contributed by atoms with van der Waals surface area (Å²) in [6.07, 6.45) is 0. The first kappa shape index (κ1) is 89.1. The molecular weight excluding hydrogens is 1810 g/mol. The molecule has 0 atom stereocenters. The zero-order chi connectivity index (χ0) is 100. The van der Waals surface area contributed by atoms with Crippen LogP contribution in [0.3, 0.4) is 0 Å². The highest BCUT2D eigenvalue weighted by Gasteiger charge is 2.41. The van der Waals surface area contributed by atoms with Crippen LogP contribution in [-0.2, 0) is 16.2 Å². The van der Waals surface area contributed by atoms with Crippen LogP contribution in [0.5, 0.6) is 0 Å². The molecule has 0 aromatic heterocycles. The molecule has 0 N–H and O–H groups in total. The van der Waals surface area contributed by atoms with E-state index < -0.39 is 0 Å². The van der Waals surface area contributed by atoms with Crippen molar-refractivity contribution in [3.8, 4) is 167 Å². The summed E-state index contributed by atoms with van der Waals surface area (Å²) in [5, 5.41) is 7.73. The number of fused-ring (bicyclic) bond motifs is 18. The van der Waals surface area contributed by atoms with Gasteiger partial charge in [0.1, 0.15) is 0 Å². The van der Waals surface area contributed by atoms with Crippen molar-refractivity contribution in [2.45, 2.75) is 57.8 Å². The molecule has 0 radical (unpaired) electrons. The molecule has 24 aromatic carbocycles. The summed E-state index contributed by atoms with van der Waals surface area (Å²) in [5.74, 6) is 0. The van der Waals surface area contributed by atoms with Crippen LogP contribution in [0.25, 0.3) is 199 Å². The fourth-order valence-corrected chi connectivity index (χ4v) is 25.9. The fourth-order valence-electron chi connectivity index (χ4n) is 25.9. The Morgan fingerprint density at radius 2 is 0.327 bits per heavy atom. The topological polar surface area (TPSA) is 9.72 Å². The minimum atomic E-state index is -0.0802. The Morgan fingerprint density at radius 3 is 0.653 bits per heavy atom. The van der Waals surface area contributed by atoms with E-state index in [1.54, 1.807) is 0 Å². The Labute approximate surface area is 877 Å². The molecule has 0 heterocycles. The number of nitrogens with zero attached hydrogens (tertiary/aromatic N) is 3. The maximum Gasteiger partial charge on any atom is 0.0541 e. The largest absolute Gasteiger partial charge is 0.309 e. The van der Waals surface area contributed by atoms with Crippen molar-refractivity contribution in [1.82, 2.24) is 0 Å². The Bertz CT molecular complexity index is 9510. The van der Waals surface area contributed by atoms with Crippen LogP contribution >= 0.6 is 0 Å². The molecule has 150 heavy (non-hydrogen) atoms. The third-order valence-electron chi connectivity index (χ3n) is 33.1. The van der Waals surface area contributed by atoms with Crippen LogP contribution in [0.1, 0.15) is 74.9 Å². The number of rotatable bonds is 15. The SMILES string of the molecule is CC1(C)c2ccccc2-c2ccc(-c3ccc(N(c4ccccc4-c4ccccc4)c4ccc5c6c(cccc46)-c4ccccc4-5)cc3)cc21.CC1(C)c2ccccc2-c2ccc(-c3ccccc3N(c3ccc(-c4ccccc4)cc3)c3ccc4c5c(cccc35)-c3ccccc3-4)cc21.CC1(C)c2ccccc2-c2ccc(-c3ccccc3N(c3ccccc3-c3ccccc3)c3ccc4c5c(cccc35)-c3ccccc3-4)cc21. The van der Waals surface area contributed by atoms with Crippen LogP contribution in [0, 0.1) is 0 Å². The van der Waals surface area contributed by atoms with Crippen molar-refractivity contribution < 1.29 is 0 Å². The maximum absolute atomic E-state index is 2.51. The highest BCUT2D eigenvalue weighted by molar-refractivity contribution is 6.23. The molecule has 3 heteroatoms. The van der Waals surface area contributed by atoms with Gasteiger partial charge < -0.3 is 14.7 Å². The Hall–Kier alpha value is -18.5. The molecule has 0 spiro atoms. The molecule has 0 aliphatic heterocycles. The molecule has 0 unspecified atom stereocenters. The predicted molar refractivity (Wildman–Crippen MR) is 634 cm³/mol. The first-order chi connectivity index (χ1) is 73.7. The zero-order valence-electron chi connectivity index (χ0n) is 84.6. The van der Waals surface area contributed by atoms with Gasteiger partial charge in [-0.15, -0.1) is 0 Å². The average molecular weight is 1910 g/mol. The van der Waals surface area contributed by atoms with Crippen LogP contribution < -0.4 is 14.7 Å². The molecule has 708 valence electrons. The van der Waals surface area contributed by atoms with Gasteiger partial charge in [-0.05, 0) is 279 Å². The fraction of sp³-hybridized carbons (Fsp3) is 0.0612. The number of anilines is 9. The number of benzene rings is 24. The van der Waals surface area contributed by atoms with Gasteiger partial charge in [-0.2, -0.15) is 0 Å². The van der Waals surface area contributed by atoms with Crippen LogP contribution in [-0.4, -0.2) is 0 Å². The van der Waals surface area contributed by atoms with Gasteiger partial charge in [-0.25, -0.2) is 0 Å². The van der Waals surface area contributed by atoms with Crippen molar-refractivity contribution in [2.24, 2.45) is 0 Å². The molecule has 6 aliphatic rings. The molecular formula is C147H105N3. The number of hydrogen-bond donors (Lipinski definition) is 0. The van der Waals surface area contributed by atoms with Crippen molar-refractivity contribution >= 4 is 83.5 Å². The van der Waals surface area contributed by atoms with E-state index >= 15 is 0 Å². The molecule has 6 aliphatic carbocycles. The molecule has 30 rings (SSSR count). The Morgan fingerprint density at radius 1 is 0.120 bits per heavy atom. The van der Waals surface area contributed by atoms with Gasteiger partial charge in [-0.1, -0.05) is 484 Å². The first-order valence-electron chi connectivity index (χ1n) is 52.6. The lowest BCUT2D eigenvalue weighted by Gasteiger charge is -2.31. The van der Waals surface area contributed by atoms with E-state index in [0.717, 1.165) is 34.1 Å². The van der Waals surface area contributed by atoms with Gasteiger partial charge in [0.2, 0.25) is 0 Å². The lowest BCUT2D eigenvalue weighted by molar-refractivity contribution is 0.660. The van der Waals surface area contributed by atoms with Crippen LogP contribution in [0.2, 0.25) is 0 Å². The van der Waals surface area contributed by atoms with Gasteiger partial charge in [0, 0.05) is 66.0 Å². The van der Waals surface area contributed by atoms with Crippen LogP contribution in [0.15, 0.2) is 528 Å². The van der Waals surface area contributed by atoms with Gasteiger partial charge >= 0.3 is 0 Å². The minimum Gasteiger partial charge on any atom is -0.309 e. The molecule has 3 nitrogen and oxygen atoms in total. The molecule has 0 saturated carbocycles. The maximum atomic E-state index is 2.51. The third-order valence-corrected chi connectivity index (χ3v) is 33.1. The lowest BCUT2D eigenvalue weighted by atomic mass is 9.81. The van der Waals surface area contributed by atoms with E-state index in [9.17, 15) is 0 Å². The predicted octanol–water partition coefficient (Wildman–Crippen LogP) is 40.8. The van der Waals surface area contributed by atoms with Gasteiger partial charge in [0.25, 0.3) is 0 Å². The second kappa shape index (κ2) is 35.4. The summed E-state index contributed by atoms with van der Waals surface area (Å²) >= 11 is 0. The van der Waals surface area contributed by atoms with Crippen molar-refractivity contribution in [3.05, 3.63) is 561 Å². The summed E-state index contributed by atoms with van der Waals surface area (Å²) in [4.78, 5) is 7.44. The van der Waals surface area contributed by atoms with Crippen LogP contribution in [0.4, 0.5) is 51.2 Å². The van der Waals surface area contributed by atoms with E-state index in [2.05, 4.69) is 584 Å². The molecule has 0 fully saturated rings. The van der Waals surface area contributed by atoms with E-state index in [0.29, 0.717) is 0 Å². The highest BCUT2D eigenvalue weighted by Crippen LogP contribution is 2.61. The van der Waals surface area contributed by atoms with Gasteiger partial charge in [0.15, 0.2) is 0 Å². The van der Waals surface area contributed by atoms with E-state index in [4.69, 9.17) is 0 Å². The quantitative estimate of drug-likeness (QED) is 0.101. The lowest BCUT2D eigenvalue weighted by Crippen LogP contribution is -2.15. The Kier molecular flexibility index (Phi) is 21.0.